The van der Waals surface area contributed by atoms with Gasteiger partial charge in [-0.15, -0.1) is 0 Å². The molecule has 3 nitrogen and oxygen atoms in total. The van der Waals surface area contributed by atoms with E-state index in [0.717, 1.165) is 31.7 Å². The van der Waals surface area contributed by atoms with E-state index in [9.17, 15) is 0 Å². The molecule has 1 saturated carbocycles. The first kappa shape index (κ1) is 11.4. The summed E-state index contributed by atoms with van der Waals surface area (Å²) in [4.78, 5) is 0. The van der Waals surface area contributed by atoms with Crippen molar-refractivity contribution in [2.75, 3.05) is 19.8 Å². The Bertz CT molecular complexity index is 222. The maximum atomic E-state index is 6.05. The lowest BCUT2D eigenvalue weighted by Crippen LogP contribution is -2.46. The highest BCUT2D eigenvalue weighted by Gasteiger charge is 2.41. The van der Waals surface area contributed by atoms with Crippen LogP contribution in [0.4, 0.5) is 0 Å². The van der Waals surface area contributed by atoms with Crippen LogP contribution in [0.5, 0.6) is 0 Å². The molecular formula is C12H24N2O. The first-order chi connectivity index (χ1) is 7.15. The fourth-order valence-corrected chi connectivity index (χ4v) is 2.46. The summed E-state index contributed by atoms with van der Waals surface area (Å²) >= 11 is 0. The van der Waals surface area contributed by atoms with Gasteiger partial charge in [-0.05, 0) is 18.8 Å². The fraction of sp³-hybridized carbons (Fsp3) is 1.00. The molecule has 4 atom stereocenters. The second-order valence-electron chi connectivity index (χ2n) is 5.55. The summed E-state index contributed by atoms with van der Waals surface area (Å²) in [7, 11) is 0. The van der Waals surface area contributed by atoms with Gasteiger partial charge in [-0.25, -0.2) is 0 Å². The third-order valence-electron chi connectivity index (χ3n) is 3.97. The Kier molecular flexibility index (Phi) is 3.33. The maximum absolute atomic E-state index is 6.05. The highest BCUT2D eigenvalue weighted by Crippen LogP contribution is 2.36. The largest absolute Gasteiger partial charge is 0.379 e. The van der Waals surface area contributed by atoms with Crippen LogP contribution < -0.4 is 11.1 Å². The van der Waals surface area contributed by atoms with E-state index in [1.165, 1.54) is 19.3 Å². The van der Waals surface area contributed by atoms with Crippen molar-refractivity contribution < 1.29 is 4.74 Å². The molecule has 0 amide bonds. The topological polar surface area (TPSA) is 47.3 Å². The van der Waals surface area contributed by atoms with E-state index in [2.05, 4.69) is 19.2 Å². The van der Waals surface area contributed by atoms with Gasteiger partial charge in [0.2, 0.25) is 0 Å². The molecular weight excluding hydrogens is 188 g/mol. The van der Waals surface area contributed by atoms with Gasteiger partial charge in [-0.1, -0.05) is 20.3 Å². The Balaban J connectivity index is 1.70. The molecule has 3 N–H and O–H groups in total. The lowest BCUT2D eigenvalue weighted by atomic mass is 9.86. The van der Waals surface area contributed by atoms with E-state index in [-0.39, 0.29) is 11.5 Å². The van der Waals surface area contributed by atoms with Crippen LogP contribution in [-0.2, 0) is 4.74 Å². The lowest BCUT2D eigenvalue weighted by Gasteiger charge is -2.27. The van der Waals surface area contributed by atoms with Crippen molar-refractivity contribution in [1.82, 2.24) is 5.32 Å². The van der Waals surface area contributed by atoms with Crippen LogP contribution in [0.2, 0.25) is 0 Å². The number of nitrogens with one attached hydrogen (secondary N) is 1. The molecule has 0 radical (unpaired) electrons. The van der Waals surface area contributed by atoms with E-state index in [4.69, 9.17) is 10.5 Å². The Hall–Kier alpha value is -0.120. The van der Waals surface area contributed by atoms with E-state index in [1.54, 1.807) is 0 Å². The summed E-state index contributed by atoms with van der Waals surface area (Å²) in [6.45, 7) is 7.04. The van der Waals surface area contributed by atoms with Crippen molar-refractivity contribution in [2.45, 2.75) is 45.2 Å². The van der Waals surface area contributed by atoms with Crippen molar-refractivity contribution in [2.24, 2.45) is 17.1 Å². The third kappa shape index (κ3) is 2.52. The van der Waals surface area contributed by atoms with Crippen molar-refractivity contribution in [3.8, 4) is 0 Å². The number of ether oxygens (including phenoxy) is 1. The SMILES string of the molecule is CCCC1CC1NCC1(C)COCC1N. The van der Waals surface area contributed by atoms with Crippen molar-refractivity contribution in [3.05, 3.63) is 0 Å². The average molecular weight is 212 g/mol. The summed E-state index contributed by atoms with van der Waals surface area (Å²) in [6.07, 6.45) is 4.04. The highest BCUT2D eigenvalue weighted by molar-refractivity contribution is 4.97. The molecule has 1 saturated heterocycles. The molecule has 1 heterocycles. The molecule has 1 aliphatic carbocycles. The van der Waals surface area contributed by atoms with Gasteiger partial charge in [0.15, 0.2) is 0 Å². The Morgan fingerprint density at radius 1 is 1.53 bits per heavy atom. The summed E-state index contributed by atoms with van der Waals surface area (Å²) < 4.78 is 5.43. The quantitative estimate of drug-likeness (QED) is 0.718. The number of nitrogens with two attached hydrogens (primary N) is 1. The number of hydrogen-bond acceptors (Lipinski definition) is 3. The van der Waals surface area contributed by atoms with Gasteiger partial charge >= 0.3 is 0 Å². The molecule has 1 aliphatic heterocycles. The lowest BCUT2D eigenvalue weighted by molar-refractivity contribution is 0.157. The maximum Gasteiger partial charge on any atom is 0.0624 e. The highest BCUT2D eigenvalue weighted by atomic mass is 16.5. The smallest absolute Gasteiger partial charge is 0.0624 e. The normalized spacial score (nSPS) is 44.6. The first-order valence-electron chi connectivity index (χ1n) is 6.22. The second kappa shape index (κ2) is 4.40. The van der Waals surface area contributed by atoms with Crippen LogP contribution in [0.15, 0.2) is 0 Å². The monoisotopic (exact) mass is 212 g/mol. The first-order valence-corrected chi connectivity index (χ1v) is 6.22. The van der Waals surface area contributed by atoms with Gasteiger partial charge in [0.1, 0.15) is 0 Å². The zero-order chi connectivity index (χ0) is 10.9. The van der Waals surface area contributed by atoms with Crippen molar-refractivity contribution >= 4 is 0 Å². The van der Waals surface area contributed by atoms with Crippen LogP contribution in [0.25, 0.3) is 0 Å². The Morgan fingerprint density at radius 3 is 2.93 bits per heavy atom. The summed E-state index contributed by atoms with van der Waals surface area (Å²) in [5.41, 5.74) is 6.20. The molecule has 3 heteroatoms. The minimum absolute atomic E-state index is 0.152. The van der Waals surface area contributed by atoms with E-state index in [1.807, 2.05) is 0 Å². The van der Waals surface area contributed by atoms with Crippen molar-refractivity contribution in [3.63, 3.8) is 0 Å². The van der Waals surface area contributed by atoms with Gasteiger partial charge in [0, 0.05) is 24.0 Å². The van der Waals surface area contributed by atoms with Crippen LogP contribution >= 0.6 is 0 Å². The molecule has 15 heavy (non-hydrogen) atoms. The molecule has 2 rings (SSSR count). The predicted octanol–water partition coefficient (Wildman–Crippen LogP) is 1.13. The molecule has 2 aliphatic rings. The van der Waals surface area contributed by atoms with E-state index >= 15 is 0 Å². The fourth-order valence-electron chi connectivity index (χ4n) is 2.46. The zero-order valence-electron chi connectivity index (χ0n) is 9.96. The van der Waals surface area contributed by atoms with Gasteiger partial charge in [0.05, 0.1) is 13.2 Å². The van der Waals surface area contributed by atoms with Gasteiger partial charge < -0.3 is 15.8 Å². The molecule has 4 unspecified atom stereocenters. The second-order valence-corrected chi connectivity index (χ2v) is 5.55. The van der Waals surface area contributed by atoms with Crippen molar-refractivity contribution in [1.29, 1.82) is 0 Å². The average Bonchev–Trinajstić information content (AvgIpc) is 2.86. The zero-order valence-corrected chi connectivity index (χ0v) is 9.96. The summed E-state index contributed by atoms with van der Waals surface area (Å²) in [6, 6.07) is 0.961. The molecule has 0 bridgehead atoms. The molecule has 0 aromatic heterocycles. The molecule has 88 valence electrons. The predicted molar refractivity (Wildman–Crippen MR) is 61.7 cm³/mol. The van der Waals surface area contributed by atoms with E-state index < -0.39 is 0 Å². The standard InChI is InChI=1S/C12H24N2O/c1-3-4-9-5-10(9)14-7-12(2)8-15-6-11(12)13/h9-11,14H,3-8,13H2,1-2H3. The Morgan fingerprint density at radius 2 is 2.33 bits per heavy atom. The van der Waals surface area contributed by atoms with Gasteiger partial charge in [-0.2, -0.15) is 0 Å². The molecule has 0 aromatic carbocycles. The van der Waals surface area contributed by atoms with E-state index in [0.29, 0.717) is 0 Å². The molecule has 0 spiro atoms. The van der Waals surface area contributed by atoms with Crippen LogP contribution in [-0.4, -0.2) is 31.8 Å². The molecule has 0 aromatic rings. The number of rotatable bonds is 5. The third-order valence-corrected chi connectivity index (χ3v) is 3.97. The van der Waals surface area contributed by atoms with Crippen LogP contribution in [0.1, 0.15) is 33.1 Å². The Labute approximate surface area is 92.7 Å². The van der Waals surface area contributed by atoms with Crippen LogP contribution in [0.3, 0.4) is 0 Å². The summed E-state index contributed by atoms with van der Waals surface area (Å²) in [5, 5.41) is 3.64. The molecule has 2 fully saturated rings. The van der Waals surface area contributed by atoms with Crippen LogP contribution in [0, 0.1) is 11.3 Å². The van der Waals surface area contributed by atoms with Gasteiger partial charge in [-0.3, -0.25) is 0 Å². The number of hydrogen-bond donors (Lipinski definition) is 2. The minimum atomic E-state index is 0.152. The summed E-state index contributed by atoms with van der Waals surface area (Å²) in [5.74, 6) is 0.928. The van der Waals surface area contributed by atoms with Gasteiger partial charge in [0.25, 0.3) is 0 Å². The minimum Gasteiger partial charge on any atom is -0.379 e.